The SMILES string of the molecule is CCC(=O)OC=C(CC)CC. The average molecular weight is 156 g/mol. The molecule has 0 N–H and O–H groups in total. The number of rotatable bonds is 4. The number of carbonyl (C=O) groups is 1. The number of hydrogen-bond donors (Lipinski definition) is 0. The van der Waals surface area contributed by atoms with E-state index in [2.05, 4.69) is 13.8 Å². The van der Waals surface area contributed by atoms with Gasteiger partial charge in [0.05, 0.1) is 6.26 Å². The third-order valence-corrected chi connectivity index (χ3v) is 1.55. The Morgan fingerprint density at radius 2 is 1.73 bits per heavy atom. The van der Waals surface area contributed by atoms with E-state index in [-0.39, 0.29) is 5.97 Å². The first-order valence-corrected chi connectivity index (χ1v) is 4.11. The molecule has 0 aromatic rings. The molecule has 0 saturated heterocycles. The second kappa shape index (κ2) is 5.96. The molecular weight excluding hydrogens is 140 g/mol. The molecule has 0 saturated carbocycles. The molecule has 0 aliphatic carbocycles. The van der Waals surface area contributed by atoms with Gasteiger partial charge in [0.15, 0.2) is 0 Å². The third-order valence-electron chi connectivity index (χ3n) is 1.55. The van der Waals surface area contributed by atoms with E-state index >= 15 is 0 Å². The zero-order valence-corrected chi connectivity index (χ0v) is 7.52. The highest BCUT2D eigenvalue weighted by molar-refractivity contribution is 5.69. The Bertz CT molecular complexity index is 142. The van der Waals surface area contributed by atoms with Crippen molar-refractivity contribution in [3.05, 3.63) is 11.8 Å². The molecule has 0 radical (unpaired) electrons. The first-order chi connectivity index (χ1) is 5.24. The lowest BCUT2D eigenvalue weighted by molar-refractivity contribution is -0.137. The molecule has 11 heavy (non-hydrogen) atoms. The Balaban J connectivity index is 3.78. The lowest BCUT2D eigenvalue weighted by atomic mass is 10.2. The van der Waals surface area contributed by atoms with E-state index in [1.807, 2.05) is 0 Å². The Morgan fingerprint density at radius 1 is 1.18 bits per heavy atom. The van der Waals surface area contributed by atoms with Gasteiger partial charge in [0.25, 0.3) is 0 Å². The molecule has 0 spiro atoms. The van der Waals surface area contributed by atoms with Crippen molar-refractivity contribution in [3.63, 3.8) is 0 Å². The summed E-state index contributed by atoms with van der Waals surface area (Å²) in [4.78, 5) is 10.7. The normalized spacial score (nSPS) is 9.00. The second-order valence-corrected chi connectivity index (χ2v) is 2.33. The summed E-state index contributed by atoms with van der Waals surface area (Å²) in [5, 5.41) is 0. The maximum Gasteiger partial charge on any atom is 0.310 e. The van der Waals surface area contributed by atoms with Crippen LogP contribution in [0.1, 0.15) is 40.0 Å². The predicted molar refractivity (Wildman–Crippen MR) is 45.0 cm³/mol. The van der Waals surface area contributed by atoms with Gasteiger partial charge in [-0.1, -0.05) is 20.8 Å². The zero-order chi connectivity index (χ0) is 8.69. The molecule has 64 valence electrons. The second-order valence-electron chi connectivity index (χ2n) is 2.33. The van der Waals surface area contributed by atoms with Crippen molar-refractivity contribution in [2.75, 3.05) is 0 Å². The van der Waals surface area contributed by atoms with Gasteiger partial charge in [-0.05, 0) is 18.4 Å². The van der Waals surface area contributed by atoms with Crippen LogP contribution in [0.5, 0.6) is 0 Å². The number of hydrogen-bond acceptors (Lipinski definition) is 2. The molecule has 0 bridgehead atoms. The summed E-state index contributed by atoms with van der Waals surface area (Å²) in [6.45, 7) is 5.89. The smallest absolute Gasteiger partial charge is 0.310 e. The number of ether oxygens (including phenoxy) is 1. The van der Waals surface area contributed by atoms with E-state index in [1.165, 1.54) is 5.57 Å². The minimum Gasteiger partial charge on any atom is -0.435 e. The molecule has 0 rings (SSSR count). The van der Waals surface area contributed by atoms with Crippen molar-refractivity contribution in [2.45, 2.75) is 40.0 Å². The molecule has 2 nitrogen and oxygen atoms in total. The van der Waals surface area contributed by atoms with Crippen LogP contribution in [0.15, 0.2) is 11.8 Å². The highest BCUT2D eigenvalue weighted by atomic mass is 16.5. The topological polar surface area (TPSA) is 26.3 Å². The van der Waals surface area contributed by atoms with Gasteiger partial charge in [-0.2, -0.15) is 0 Å². The summed E-state index contributed by atoms with van der Waals surface area (Å²) < 4.78 is 4.83. The molecule has 0 aliphatic rings. The molecule has 0 atom stereocenters. The summed E-state index contributed by atoms with van der Waals surface area (Å²) in [7, 11) is 0. The van der Waals surface area contributed by atoms with Crippen LogP contribution in [0.25, 0.3) is 0 Å². The number of esters is 1. The van der Waals surface area contributed by atoms with E-state index < -0.39 is 0 Å². The molecule has 0 aliphatic heterocycles. The maximum atomic E-state index is 10.7. The molecule has 0 unspecified atom stereocenters. The largest absolute Gasteiger partial charge is 0.435 e. The fourth-order valence-corrected chi connectivity index (χ4v) is 0.649. The first-order valence-electron chi connectivity index (χ1n) is 4.11. The van der Waals surface area contributed by atoms with Crippen LogP contribution in [0.2, 0.25) is 0 Å². The van der Waals surface area contributed by atoms with Crippen molar-refractivity contribution in [3.8, 4) is 0 Å². The summed E-state index contributed by atoms with van der Waals surface area (Å²) in [5.74, 6) is -0.163. The molecule has 0 amide bonds. The van der Waals surface area contributed by atoms with Crippen molar-refractivity contribution >= 4 is 5.97 Å². The minimum atomic E-state index is -0.163. The van der Waals surface area contributed by atoms with Crippen LogP contribution in [-0.4, -0.2) is 5.97 Å². The molecular formula is C9H16O2. The zero-order valence-electron chi connectivity index (χ0n) is 7.52. The fourth-order valence-electron chi connectivity index (χ4n) is 0.649. The number of allylic oxidation sites excluding steroid dienone is 1. The molecule has 0 aromatic heterocycles. The highest BCUT2D eigenvalue weighted by Crippen LogP contribution is 2.05. The van der Waals surface area contributed by atoms with Gasteiger partial charge in [-0.25, -0.2) is 0 Å². The van der Waals surface area contributed by atoms with E-state index in [9.17, 15) is 4.79 Å². The van der Waals surface area contributed by atoms with Gasteiger partial charge in [0.2, 0.25) is 0 Å². The molecule has 0 fully saturated rings. The van der Waals surface area contributed by atoms with E-state index in [4.69, 9.17) is 4.74 Å². The van der Waals surface area contributed by atoms with Crippen molar-refractivity contribution in [1.29, 1.82) is 0 Å². The summed E-state index contributed by atoms with van der Waals surface area (Å²) in [6, 6.07) is 0. The van der Waals surface area contributed by atoms with E-state index in [0.717, 1.165) is 12.8 Å². The van der Waals surface area contributed by atoms with Crippen molar-refractivity contribution < 1.29 is 9.53 Å². The van der Waals surface area contributed by atoms with E-state index in [1.54, 1.807) is 13.2 Å². The van der Waals surface area contributed by atoms with E-state index in [0.29, 0.717) is 6.42 Å². The van der Waals surface area contributed by atoms with Crippen LogP contribution in [0.3, 0.4) is 0 Å². The fraction of sp³-hybridized carbons (Fsp3) is 0.667. The predicted octanol–water partition coefficient (Wildman–Crippen LogP) is 2.64. The molecule has 2 heteroatoms. The Labute approximate surface area is 68.2 Å². The van der Waals surface area contributed by atoms with Gasteiger partial charge in [0, 0.05) is 6.42 Å². The standard InChI is InChI=1S/C9H16O2/c1-4-8(5-2)7-11-9(10)6-3/h7H,4-6H2,1-3H3. The van der Waals surface area contributed by atoms with Gasteiger partial charge in [0.1, 0.15) is 0 Å². The number of carbonyl (C=O) groups excluding carboxylic acids is 1. The van der Waals surface area contributed by atoms with Gasteiger partial charge < -0.3 is 4.74 Å². The van der Waals surface area contributed by atoms with Crippen LogP contribution >= 0.6 is 0 Å². The van der Waals surface area contributed by atoms with Crippen molar-refractivity contribution in [2.24, 2.45) is 0 Å². The average Bonchev–Trinajstić information content (AvgIpc) is 2.06. The van der Waals surface area contributed by atoms with Gasteiger partial charge >= 0.3 is 5.97 Å². The third kappa shape index (κ3) is 4.59. The van der Waals surface area contributed by atoms with Gasteiger partial charge in [-0.15, -0.1) is 0 Å². The first kappa shape index (κ1) is 10.2. The lowest BCUT2D eigenvalue weighted by Crippen LogP contribution is -1.96. The quantitative estimate of drug-likeness (QED) is 0.462. The Kier molecular flexibility index (Phi) is 5.53. The molecule has 0 aromatic carbocycles. The van der Waals surface area contributed by atoms with Gasteiger partial charge in [-0.3, -0.25) is 4.79 Å². The minimum absolute atomic E-state index is 0.163. The lowest BCUT2D eigenvalue weighted by Gasteiger charge is -1.99. The van der Waals surface area contributed by atoms with Crippen molar-refractivity contribution in [1.82, 2.24) is 0 Å². The summed E-state index contributed by atoms with van der Waals surface area (Å²) in [6.07, 6.45) is 3.92. The van der Waals surface area contributed by atoms with Crippen LogP contribution in [0, 0.1) is 0 Å². The summed E-state index contributed by atoms with van der Waals surface area (Å²) >= 11 is 0. The highest BCUT2D eigenvalue weighted by Gasteiger charge is 1.95. The molecule has 0 heterocycles. The van der Waals surface area contributed by atoms with Crippen LogP contribution in [0.4, 0.5) is 0 Å². The monoisotopic (exact) mass is 156 g/mol. The maximum absolute atomic E-state index is 10.7. The summed E-state index contributed by atoms with van der Waals surface area (Å²) in [5.41, 5.74) is 1.17. The van der Waals surface area contributed by atoms with Crippen LogP contribution < -0.4 is 0 Å². The Hall–Kier alpha value is -0.790. The van der Waals surface area contributed by atoms with Crippen LogP contribution in [-0.2, 0) is 9.53 Å². The Morgan fingerprint density at radius 3 is 2.09 bits per heavy atom.